The van der Waals surface area contributed by atoms with E-state index in [0.29, 0.717) is 24.3 Å². The van der Waals surface area contributed by atoms with Crippen LogP contribution in [-0.2, 0) is 19.0 Å². The Hall–Kier alpha value is -2.38. The van der Waals surface area contributed by atoms with Gasteiger partial charge in [0.25, 0.3) is 10.1 Å². The maximum Gasteiger partial charge on any atom is 0.337 e. The number of carbonyl (C=O) groups is 1. The molecule has 0 fully saturated rings. The first-order chi connectivity index (χ1) is 12.9. The maximum atomic E-state index is 12.0. The molecule has 2 aromatic carbocycles. The van der Waals surface area contributed by atoms with Crippen LogP contribution in [0.25, 0.3) is 0 Å². The van der Waals surface area contributed by atoms with Gasteiger partial charge in [-0.2, -0.15) is 8.42 Å². The molecule has 0 radical (unpaired) electrons. The summed E-state index contributed by atoms with van der Waals surface area (Å²) in [5, 5.41) is 0. The van der Waals surface area contributed by atoms with Crippen LogP contribution in [0.1, 0.15) is 35.2 Å². The van der Waals surface area contributed by atoms with Crippen molar-refractivity contribution in [1.29, 1.82) is 0 Å². The highest BCUT2D eigenvalue weighted by Gasteiger charge is 2.14. The highest BCUT2D eigenvalue weighted by atomic mass is 32.2. The molecule has 0 spiro atoms. The summed E-state index contributed by atoms with van der Waals surface area (Å²) in [6.45, 7) is 2.54. The van der Waals surface area contributed by atoms with E-state index in [-0.39, 0.29) is 17.5 Å². The molecule has 0 aromatic heterocycles. The molecule has 146 valence electrons. The molecule has 7 heteroatoms. The predicted molar refractivity (Wildman–Crippen MR) is 101 cm³/mol. The van der Waals surface area contributed by atoms with Crippen LogP contribution in [-0.4, -0.2) is 34.7 Å². The largest absolute Gasteiger partial charge is 0.494 e. The molecule has 6 nitrogen and oxygen atoms in total. The molecule has 0 aliphatic carbocycles. The normalized spacial score (nSPS) is 11.2. The summed E-state index contributed by atoms with van der Waals surface area (Å²) in [5.41, 5.74) is 1.46. The first-order valence-corrected chi connectivity index (χ1v) is 10.1. The van der Waals surface area contributed by atoms with Gasteiger partial charge in [0.05, 0.1) is 30.8 Å². The number of methoxy groups -OCH3 is 1. The molecule has 0 heterocycles. The van der Waals surface area contributed by atoms with Crippen LogP contribution in [0.4, 0.5) is 0 Å². The third kappa shape index (κ3) is 6.69. The van der Waals surface area contributed by atoms with Gasteiger partial charge in [0, 0.05) is 0 Å². The second kappa shape index (κ2) is 10.1. The van der Waals surface area contributed by atoms with E-state index in [9.17, 15) is 13.2 Å². The Morgan fingerprint density at radius 2 is 1.52 bits per heavy atom. The van der Waals surface area contributed by atoms with Crippen molar-refractivity contribution < 1.29 is 26.9 Å². The fourth-order valence-corrected chi connectivity index (χ4v) is 3.26. The fraction of sp³-hybridized carbons (Fsp3) is 0.350. The van der Waals surface area contributed by atoms with Crippen LogP contribution < -0.4 is 4.74 Å². The second-order valence-corrected chi connectivity index (χ2v) is 7.63. The van der Waals surface area contributed by atoms with Crippen molar-refractivity contribution in [2.75, 3.05) is 20.3 Å². The highest BCUT2D eigenvalue weighted by Crippen LogP contribution is 2.15. The number of benzene rings is 2. The first-order valence-electron chi connectivity index (χ1n) is 8.69. The molecule has 0 N–H and O–H groups in total. The SMILES string of the molecule is COC(=O)c1ccc(OCCCCCOS(=O)(=O)c2ccc(C)cc2)cc1. The van der Waals surface area contributed by atoms with E-state index in [0.717, 1.165) is 18.4 Å². The van der Waals surface area contributed by atoms with E-state index in [1.54, 1.807) is 48.5 Å². The van der Waals surface area contributed by atoms with Gasteiger partial charge in [-0.05, 0) is 62.6 Å². The second-order valence-electron chi connectivity index (χ2n) is 6.01. The van der Waals surface area contributed by atoms with Gasteiger partial charge in [-0.25, -0.2) is 4.79 Å². The molecule has 27 heavy (non-hydrogen) atoms. The molecule has 0 saturated carbocycles. The Labute approximate surface area is 160 Å². The standard InChI is InChI=1S/C20H24O6S/c1-16-6-12-19(13-7-16)27(22,23)26-15-5-3-4-14-25-18-10-8-17(9-11-18)20(21)24-2/h6-13H,3-5,14-15H2,1-2H3. The van der Waals surface area contributed by atoms with E-state index in [1.807, 2.05) is 6.92 Å². The number of ether oxygens (including phenoxy) is 2. The van der Waals surface area contributed by atoms with Crippen LogP contribution >= 0.6 is 0 Å². The minimum absolute atomic E-state index is 0.143. The monoisotopic (exact) mass is 392 g/mol. The molecule has 0 aliphatic heterocycles. The van der Waals surface area contributed by atoms with Crippen molar-refractivity contribution in [2.24, 2.45) is 0 Å². The Morgan fingerprint density at radius 3 is 2.15 bits per heavy atom. The lowest BCUT2D eigenvalue weighted by molar-refractivity contribution is 0.0600. The molecule has 0 unspecified atom stereocenters. The highest BCUT2D eigenvalue weighted by molar-refractivity contribution is 7.86. The topological polar surface area (TPSA) is 78.9 Å². The number of hydrogen-bond acceptors (Lipinski definition) is 6. The van der Waals surface area contributed by atoms with Gasteiger partial charge in [0.1, 0.15) is 5.75 Å². The molecule has 0 amide bonds. The van der Waals surface area contributed by atoms with Crippen molar-refractivity contribution in [2.45, 2.75) is 31.1 Å². The molecular formula is C20H24O6S. The Balaban J connectivity index is 1.63. The number of hydrogen-bond donors (Lipinski definition) is 0. The molecule has 0 bridgehead atoms. The van der Waals surface area contributed by atoms with Gasteiger partial charge in [-0.15, -0.1) is 0 Å². The molecule has 2 aromatic rings. The fourth-order valence-electron chi connectivity index (χ4n) is 2.32. The zero-order chi connectivity index (χ0) is 19.7. The first kappa shape index (κ1) is 20.9. The van der Waals surface area contributed by atoms with Gasteiger partial charge in [-0.3, -0.25) is 4.18 Å². The molecular weight excluding hydrogens is 368 g/mol. The van der Waals surface area contributed by atoms with E-state index in [1.165, 1.54) is 7.11 Å². The van der Waals surface area contributed by atoms with Crippen LogP contribution in [0.3, 0.4) is 0 Å². The van der Waals surface area contributed by atoms with Crippen LogP contribution in [0.15, 0.2) is 53.4 Å². The third-order valence-corrected chi connectivity index (χ3v) is 5.21. The molecule has 0 saturated heterocycles. The minimum atomic E-state index is -3.70. The Bertz CT molecular complexity index is 826. The average Bonchev–Trinajstić information content (AvgIpc) is 2.67. The summed E-state index contributed by atoms with van der Waals surface area (Å²) >= 11 is 0. The van der Waals surface area contributed by atoms with Crippen molar-refractivity contribution in [3.05, 3.63) is 59.7 Å². The quantitative estimate of drug-likeness (QED) is 0.348. The molecule has 2 rings (SSSR count). The van der Waals surface area contributed by atoms with Crippen LogP contribution in [0.2, 0.25) is 0 Å². The summed E-state index contributed by atoms with van der Waals surface area (Å²) in [6, 6.07) is 13.3. The number of carbonyl (C=O) groups excluding carboxylic acids is 1. The van der Waals surface area contributed by atoms with Crippen molar-refractivity contribution in [1.82, 2.24) is 0 Å². The van der Waals surface area contributed by atoms with Gasteiger partial charge in [0.2, 0.25) is 0 Å². The summed E-state index contributed by atoms with van der Waals surface area (Å²) < 4.78 is 39.3. The van der Waals surface area contributed by atoms with Crippen molar-refractivity contribution in [3.8, 4) is 5.75 Å². The summed E-state index contributed by atoms with van der Waals surface area (Å²) in [5.74, 6) is 0.281. The smallest absolute Gasteiger partial charge is 0.337 e. The lowest BCUT2D eigenvalue weighted by Gasteiger charge is -2.08. The Morgan fingerprint density at radius 1 is 0.889 bits per heavy atom. The van der Waals surface area contributed by atoms with E-state index < -0.39 is 10.1 Å². The predicted octanol–water partition coefficient (Wildman–Crippen LogP) is 3.74. The average molecular weight is 392 g/mol. The van der Waals surface area contributed by atoms with E-state index in [4.69, 9.17) is 8.92 Å². The molecule has 0 aliphatic rings. The summed E-state index contributed by atoms with van der Waals surface area (Å²) in [6.07, 6.45) is 2.17. The lowest BCUT2D eigenvalue weighted by atomic mass is 10.2. The van der Waals surface area contributed by atoms with Gasteiger partial charge in [-0.1, -0.05) is 17.7 Å². The summed E-state index contributed by atoms with van der Waals surface area (Å²) in [4.78, 5) is 11.5. The van der Waals surface area contributed by atoms with Gasteiger partial charge < -0.3 is 9.47 Å². The van der Waals surface area contributed by atoms with Gasteiger partial charge >= 0.3 is 5.97 Å². The van der Waals surface area contributed by atoms with Crippen molar-refractivity contribution in [3.63, 3.8) is 0 Å². The Kier molecular flexibility index (Phi) is 7.82. The number of esters is 1. The lowest BCUT2D eigenvalue weighted by Crippen LogP contribution is -2.08. The van der Waals surface area contributed by atoms with E-state index >= 15 is 0 Å². The van der Waals surface area contributed by atoms with Crippen molar-refractivity contribution >= 4 is 16.1 Å². The zero-order valence-corrected chi connectivity index (χ0v) is 16.3. The van der Waals surface area contributed by atoms with Crippen LogP contribution in [0, 0.1) is 6.92 Å². The minimum Gasteiger partial charge on any atom is -0.494 e. The number of aryl methyl sites for hydroxylation is 1. The van der Waals surface area contributed by atoms with Gasteiger partial charge in [0.15, 0.2) is 0 Å². The number of unbranched alkanes of at least 4 members (excludes halogenated alkanes) is 2. The third-order valence-electron chi connectivity index (χ3n) is 3.88. The zero-order valence-electron chi connectivity index (χ0n) is 15.5. The summed E-state index contributed by atoms with van der Waals surface area (Å²) in [7, 11) is -2.36. The molecule has 0 atom stereocenters. The number of rotatable bonds is 10. The maximum absolute atomic E-state index is 12.0. The van der Waals surface area contributed by atoms with E-state index in [2.05, 4.69) is 4.74 Å². The van der Waals surface area contributed by atoms with Crippen LogP contribution in [0.5, 0.6) is 5.75 Å².